The minimum absolute atomic E-state index is 0.0592. The van der Waals surface area contributed by atoms with Gasteiger partial charge in [0.05, 0.1) is 6.61 Å². The van der Waals surface area contributed by atoms with E-state index in [4.69, 9.17) is 9.47 Å². The summed E-state index contributed by atoms with van der Waals surface area (Å²) in [7, 11) is 3.31. The van der Waals surface area contributed by atoms with E-state index in [1.54, 1.807) is 14.2 Å². The van der Waals surface area contributed by atoms with Crippen molar-refractivity contribution in [2.45, 2.75) is 57.7 Å². The van der Waals surface area contributed by atoms with Gasteiger partial charge in [-0.05, 0) is 6.42 Å². The molecule has 1 aromatic rings. The van der Waals surface area contributed by atoms with Gasteiger partial charge < -0.3 is 14.6 Å². The number of ether oxygens (including phenoxy) is 2. The number of unbranched alkanes of at least 4 members (excludes halogenated alkanes) is 5. The standard InChI is InChI=1S/C19H32O3/c1-4-5-6-7-8-10-15-18(16-20)19(21-2,22-3)17-13-11-9-12-14-17/h9,11-14,18,20H,4-8,10,15-16H2,1-3H3. The second-order valence-electron chi connectivity index (χ2n) is 5.88. The molecule has 126 valence electrons. The van der Waals surface area contributed by atoms with E-state index < -0.39 is 5.79 Å². The van der Waals surface area contributed by atoms with Crippen molar-refractivity contribution in [1.82, 2.24) is 0 Å². The van der Waals surface area contributed by atoms with Crippen molar-refractivity contribution in [1.29, 1.82) is 0 Å². The van der Waals surface area contributed by atoms with E-state index in [2.05, 4.69) is 6.92 Å². The number of methoxy groups -OCH3 is 2. The fourth-order valence-electron chi connectivity index (χ4n) is 3.13. The van der Waals surface area contributed by atoms with Crippen molar-refractivity contribution in [3.63, 3.8) is 0 Å². The molecule has 0 amide bonds. The Kier molecular flexibility index (Phi) is 9.37. The van der Waals surface area contributed by atoms with Gasteiger partial charge in [-0.25, -0.2) is 0 Å². The maximum Gasteiger partial charge on any atom is 0.199 e. The van der Waals surface area contributed by atoms with Crippen molar-refractivity contribution in [2.75, 3.05) is 20.8 Å². The molecule has 1 rings (SSSR count). The zero-order valence-electron chi connectivity index (χ0n) is 14.4. The van der Waals surface area contributed by atoms with Crippen LogP contribution in [-0.4, -0.2) is 25.9 Å². The summed E-state index contributed by atoms with van der Waals surface area (Å²) < 4.78 is 11.5. The molecule has 0 bridgehead atoms. The van der Waals surface area contributed by atoms with Crippen LogP contribution in [-0.2, 0) is 15.3 Å². The average molecular weight is 308 g/mol. The van der Waals surface area contributed by atoms with E-state index >= 15 is 0 Å². The van der Waals surface area contributed by atoms with Crippen LogP contribution in [0.15, 0.2) is 30.3 Å². The molecule has 3 nitrogen and oxygen atoms in total. The van der Waals surface area contributed by atoms with Crippen LogP contribution in [0.25, 0.3) is 0 Å². The van der Waals surface area contributed by atoms with Crippen molar-refractivity contribution in [3.05, 3.63) is 35.9 Å². The van der Waals surface area contributed by atoms with Gasteiger partial charge in [-0.3, -0.25) is 0 Å². The second-order valence-corrected chi connectivity index (χ2v) is 5.88. The lowest BCUT2D eigenvalue weighted by molar-refractivity contribution is -0.257. The number of aliphatic hydroxyl groups excluding tert-OH is 1. The molecule has 22 heavy (non-hydrogen) atoms. The van der Waals surface area contributed by atoms with Gasteiger partial charge in [0.1, 0.15) is 0 Å². The molecule has 0 aromatic heterocycles. The second kappa shape index (κ2) is 10.8. The summed E-state index contributed by atoms with van der Waals surface area (Å²) in [5.41, 5.74) is 0.963. The van der Waals surface area contributed by atoms with Gasteiger partial charge in [0.25, 0.3) is 0 Å². The molecule has 0 saturated heterocycles. The van der Waals surface area contributed by atoms with Gasteiger partial charge in [-0.2, -0.15) is 0 Å². The highest BCUT2D eigenvalue weighted by molar-refractivity contribution is 5.21. The molecule has 1 atom stereocenters. The molecule has 0 saturated carbocycles. The average Bonchev–Trinajstić information content (AvgIpc) is 2.58. The Morgan fingerprint density at radius 3 is 2.09 bits per heavy atom. The molecule has 0 radical (unpaired) electrons. The van der Waals surface area contributed by atoms with Crippen LogP contribution in [0.5, 0.6) is 0 Å². The number of hydrogen-bond donors (Lipinski definition) is 1. The monoisotopic (exact) mass is 308 g/mol. The van der Waals surface area contributed by atoms with Crippen molar-refractivity contribution >= 4 is 0 Å². The Bertz CT molecular complexity index is 374. The molecule has 0 spiro atoms. The Balaban J connectivity index is 2.67. The molecule has 1 N–H and O–H groups in total. The first-order chi connectivity index (χ1) is 10.7. The zero-order valence-corrected chi connectivity index (χ0v) is 14.4. The van der Waals surface area contributed by atoms with Gasteiger partial charge in [-0.1, -0.05) is 75.8 Å². The number of benzene rings is 1. The van der Waals surface area contributed by atoms with Crippen LogP contribution in [0.2, 0.25) is 0 Å². The van der Waals surface area contributed by atoms with Crippen LogP contribution >= 0.6 is 0 Å². The van der Waals surface area contributed by atoms with Crippen molar-refractivity contribution in [2.24, 2.45) is 5.92 Å². The highest BCUT2D eigenvalue weighted by Crippen LogP contribution is 2.37. The smallest absolute Gasteiger partial charge is 0.199 e. The molecule has 0 fully saturated rings. The summed E-state index contributed by atoms with van der Waals surface area (Å²) in [6, 6.07) is 9.91. The molecule has 1 aromatic carbocycles. The van der Waals surface area contributed by atoms with Crippen LogP contribution in [0.1, 0.15) is 57.4 Å². The van der Waals surface area contributed by atoms with Crippen molar-refractivity contribution < 1.29 is 14.6 Å². The van der Waals surface area contributed by atoms with Crippen LogP contribution in [0.4, 0.5) is 0 Å². The van der Waals surface area contributed by atoms with Gasteiger partial charge >= 0.3 is 0 Å². The highest BCUT2D eigenvalue weighted by Gasteiger charge is 2.40. The quantitative estimate of drug-likeness (QED) is 0.457. The lowest BCUT2D eigenvalue weighted by Crippen LogP contribution is -2.41. The molecule has 0 aliphatic rings. The maximum atomic E-state index is 9.87. The minimum atomic E-state index is -0.862. The summed E-state index contributed by atoms with van der Waals surface area (Å²) in [4.78, 5) is 0. The first kappa shape index (κ1) is 19.1. The summed E-state index contributed by atoms with van der Waals surface area (Å²) in [5, 5.41) is 9.87. The largest absolute Gasteiger partial charge is 0.396 e. The van der Waals surface area contributed by atoms with E-state index in [0.717, 1.165) is 18.4 Å². The van der Waals surface area contributed by atoms with Crippen LogP contribution in [0, 0.1) is 5.92 Å². The third-order valence-electron chi connectivity index (χ3n) is 4.45. The minimum Gasteiger partial charge on any atom is -0.396 e. The van der Waals surface area contributed by atoms with Crippen LogP contribution < -0.4 is 0 Å². The molecule has 0 aliphatic heterocycles. The lowest BCUT2D eigenvalue weighted by atomic mass is 9.87. The molecule has 1 unspecified atom stereocenters. The number of aliphatic hydroxyl groups is 1. The first-order valence-electron chi connectivity index (χ1n) is 8.51. The van der Waals surface area contributed by atoms with Gasteiger partial charge in [-0.15, -0.1) is 0 Å². The van der Waals surface area contributed by atoms with E-state index in [0.29, 0.717) is 0 Å². The fraction of sp³-hybridized carbons (Fsp3) is 0.684. The molecule has 3 heteroatoms. The van der Waals surface area contributed by atoms with Gasteiger partial charge in [0.15, 0.2) is 5.79 Å². The normalized spacial score (nSPS) is 13.3. The Morgan fingerprint density at radius 1 is 0.955 bits per heavy atom. The van der Waals surface area contributed by atoms with Crippen molar-refractivity contribution in [3.8, 4) is 0 Å². The first-order valence-corrected chi connectivity index (χ1v) is 8.51. The third kappa shape index (κ3) is 5.08. The summed E-state index contributed by atoms with van der Waals surface area (Å²) >= 11 is 0. The molecule has 0 heterocycles. The maximum absolute atomic E-state index is 9.87. The topological polar surface area (TPSA) is 38.7 Å². The Hall–Kier alpha value is -0.900. The lowest BCUT2D eigenvalue weighted by Gasteiger charge is -2.38. The third-order valence-corrected chi connectivity index (χ3v) is 4.45. The van der Waals surface area contributed by atoms with Crippen LogP contribution in [0.3, 0.4) is 0 Å². The SMILES string of the molecule is CCCCCCCCC(CO)C(OC)(OC)c1ccccc1. The molecular formula is C19H32O3. The predicted molar refractivity (Wildman–Crippen MR) is 90.7 cm³/mol. The summed E-state index contributed by atoms with van der Waals surface area (Å²) in [6.07, 6.45) is 8.35. The van der Waals surface area contributed by atoms with E-state index in [-0.39, 0.29) is 12.5 Å². The van der Waals surface area contributed by atoms with Gasteiger partial charge in [0, 0.05) is 25.7 Å². The van der Waals surface area contributed by atoms with E-state index in [9.17, 15) is 5.11 Å². The fourth-order valence-corrected chi connectivity index (χ4v) is 3.13. The Labute approximate surface area is 135 Å². The zero-order chi connectivity index (χ0) is 16.3. The Morgan fingerprint density at radius 2 is 1.55 bits per heavy atom. The molecular weight excluding hydrogens is 276 g/mol. The molecule has 0 aliphatic carbocycles. The number of rotatable bonds is 12. The number of hydrogen-bond acceptors (Lipinski definition) is 3. The van der Waals surface area contributed by atoms with E-state index in [1.807, 2.05) is 30.3 Å². The van der Waals surface area contributed by atoms with E-state index in [1.165, 1.54) is 32.1 Å². The summed E-state index contributed by atoms with van der Waals surface area (Å²) in [5.74, 6) is -0.921. The summed E-state index contributed by atoms with van der Waals surface area (Å²) in [6.45, 7) is 2.29. The van der Waals surface area contributed by atoms with Gasteiger partial charge in [0.2, 0.25) is 0 Å². The highest BCUT2D eigenvalue weighted by atomic mass is 16.7. The predicted octanol–water partition coefficient (Wildman–Crippen LogP) is 4.49.